The Labute approximate surface area is 180 Å². The maximum absolute atomic E-state index is 5.57. The number of fused-ring (bicyclic) bond motifs is 1. The molecule has 1 atom stereocenters. The molecule has 1 aliphatic heterocycles. The molecule has 1 aliphatic rings. The van der Waals surface area contributed by atoms with Gasteiger partial charge in [0.05, 0.1) is 20.3 Å². The molecule has 4 nitrogen and oxygen atoms in total. The Balaban J connectivity index is 1.73. The molecule has 0 N–H and O–H groups in total. The summed E-state index contributed by atoms with van der Waals surface area (Å²) >= 11 is 0. The van der Waals surface area contributed by atoms with E-state index in [1.165, 1.54) is 22.4 Å². The van der Waals surface area contributed by atoms with Gasteiger partial charge in [-0.15, -0.1) is 0 Å². The molecule has 1 aromatic heterocycles. The topological polar surface area (TPSA) is 26.6 Å². The quantitative estimate of drug-likeness (QED) is 0.533. The first-order chi connectivity index (χ1) is 14.6. The molecule has 30 heavy (non-hydrogen) atoms. The van der Waals surface area contributed by atoms with E-state index in [9.17, 15) is 0 Å². The number of aryl methyl sites for hydroxylation is 1. The number of ether oxygens (including phenoxy) is 2. The van der Waals surface area contributed by atoms with Crippen LogP contribution in [0.25, 0.3) is 0 Å². The Kier molecular flexibility index (Phi) is 6.14. The van der Waals surface area contributed by atoms with E-state index in [4.69, 9.17) is 9.47 Å². The van der Waals surface area contributed by atoms with Gasteiger partial charge in [0, 0.05) is 37.6 Å². The van der Waals surface area contributed by atoms with E-state index in [1.807, 2.05) is 6.07 Å². The van der Waals surface area contributed by atoms with Crippen LogP contribution in [0.1, 0.15) is 54.6 Å². The van der Waals surface area contributed by atoms with Crippen LogP contribution in [0.2, 0.25) is 0 Å². The van der Waals surface area contributed by atoms with Crippen LogP contribution >= 0.6 is 0 Å². The van der Waals surface area contributed by atoms with E-state index in [-0.39, 0.29) is 6.04 Å². The van der Waals surface area contributed by atoms with E-state index in [2.05, 4.69) is 78.0 Å². The summed E-state index contributed by atoms with van der Waals surface area (Å²) in [4.78, 5) is 2.58. The van der Waals surface area contributed by atoms with Crippen molar-refractivity contribution in [2.45, 2.75) is 45.3 Å². The maximum Gasteiger partial charge on any atom is 0.122 e. The Morgan fingerprint density at radius 2 is 1.63 bits per heavy atom. The number of rotatable bonds is 6. The van der Waals surface area contributed by atoms with Crippen LogP contribution in [0.4, 0.5) is 0 Å². The SMILES string of the molecule is COc1cc(OC)cc(C2c3cccn3CCCN2Cc2ccc(C(C)C)cc2)c1. The van der Waals surface area contributed by atoms with Crippen LogP contribution in [-0.2, 0) is 13.1 Å². The summed E-state index contributed by atoms with van der Waals surface area (Å²) in [7, 11) is 3.42. The lowest BCUT2D eigenvalue weighted by atomic mass is 9.99. The lowest BCUT2D eigenvalue weighted by Crippen LogP contribution is -2.29. The normalized spacial score (nSPS) is 16.9. The number of nitrogens with zero attached hydrogens (tertiary/aromatic N) is 2. The predicted molar refractivity (Wildman–Crippen MR) is 121 cm³/mol. The van der Waals surface area contributed by atoms with Gasteiger partial charge in [-0.05, 0) is 53.3 Å². The maximum atomic E-state index is 5.57. The predicted octanol–water partition coefficient (Wildman–Crippen LogP) is 5.62. The van der Waals surface area contributed by atoms with Crippen molar-refractivity contribution in [2.75, 3.05) is 20.8 Å². The van der Waals surface area contributed by atoms with Crippen LogP contribution < -0.4 is 9.47 Å². The fourth-order valence-electron chi connectivity index (χ4n) is 4.42. The Morgan fingerprint density at radius 1 is 0.933 bits per heavy atom. The van der Waals surface area contributed by atoms with Crippen molar-refractivity contribution < 1.29 is 9.47 Å². The van der Waals surface area contributed by atoms with Gasteiger partial charge < -0.3 is 14.0 Å². The van der Waals surface area contributed by atoms with E-state index in [0.29, 0.717) is 5.92 Å². The highest BCUT2D eigenvalue weighted by atomic mass is 16.5. The average molecular weight is 405 g/mol. The first kappa shape index (κ1) is 20.5. The molecule has 0 radical (unpaired) electrons. The van der Waals surface area contributed by atoms with Crippen molar-refractivity contribution in [3.05, 3.63) is 83.2 Å². The molecule has 2 heterocycles. The highest BCUT2D eigenvalue weighted by molar-refractivity contribution is 5.43. The van der Waals surface area contributed by atoms with Gasteiger partial charge >= 0.3 is 0 Å². The summed E-state index contributed by atoms with van der Waals surface area (Å²) < 4.78 is 13.5. The largest absolute Gasteiger partial charge is 0.497 e. The molecule has 4 heteroatoms. The van der Waals surface area contributed by atoms with Gasteiger partial charge in [-0.1, -0.05) is 38.1 Å². The van der Waals surface area contributed by atoms with Crippen LogP contribution in [0.3, 0.4) is 0 Å². The van der Waals surface area contributed by atoms with Gasteiger partial charge in [0.15, 0.2) is 0 Å². The molecule has 0 spiro atoms. The fourth-order valence-corrected chi connectivity index (χ4v) is 4.42. The zero-order valence-electron chi connectivity index (χ0n) is 18.5. The van der Waals surface area contributed by atoms with Gasteiger partial charge in [-0.25, -0.2) is 0 Å². The van der Waals surface area contributed by atoms with Crippen LogP contribution in [0, 0.1) is 0 Å². The third kappa shape index (κ3) is 4.24. The molecule has 0 bridgehead atoms. The summed E-state index contributed by atoms with van der Waals surface area (Å²) in [5.74, 6) is 2.21. The van der Waals surface area contributed by atoms with Gasteiger partial charge in [0.25, 0.3) is 0 Å². The van der Waals surface area contributed by atoms with E-state index < -0.39 is 0 Å². The van der Waals surface area contributed by atoms with Crippen molar-refractivity contribution in [2.24, 2.45) is 0 Å². The van der Waals surface area contributed by atoms with E-state index in [1.54, 1.807) is 14.2 Å². The van der Waals surface area contributed by atoms with Gasteiger partial charge in [-0.2, -0.15) is 0 Å². The van der Waals surface area contributed by atoms with Crippen molar-refractivity contribution in [1.82, 2.24) is 9.47 Å². The number of benzene rings is 2. The highest BCUT2D eigenvalue weighted by Crippen LogP contribution is 2.36. The van der Waals surface area contributed by atoms with Gasteiger partial charge in [-0.3, -0.25) is 4.90 Å². The summed E-state index contributed by atoms with van der Waals surface area (Å²) in [6.45, 7) is 7.47. The summed E-state index contributed by atoms with van der Waals surface area (Å²) in [6, 6.07) is 19.9. The van der Waals surface area contributed by atoms with E-state index in [0.717, 1.165) is 37.6 Å². The molecule has 3 aromatic rings. The molecule has 0 aliphatic carbocycles. The zero-order valence-corrected chi connectivity index (χ0v) is 18.5. The Bertz CT molecular complexity index is 953. The third-order valence-corrected chi connectivity index (χ3v) is 6.08. The molecule has 0 fully saturated rings. The number of hydrogen-bond acceptors (Lipinski definition) is 3. The minimum atomic E-state index is 0.149. The average Bonchev–Trinajstić information content (AvgIpc) is 3.15. The van der Waals surface area contributed by atoms with Crippen molar-refractivity contribution in [3.8, 4) is 11.5 Å². The number of methoxy groups -OCH3 is 2. The monoisotopic (exact) mass is 404 g/mol. The highest BCUT2D eigenvalue weighted by Gasteiger charge is 2.28. The molecular formula is C26H32N2O2. The van der Waals surface area contributed by atoms with Crippen LogP contribution in [0.5, 0.6) is 11.5 Å². The first-order valence-electron chi connectivity index (χ1n) is 10.8. The number of hydrogen-bond donors (Lipinski definition) is 0. The fraction of sp³-hybridized carbons (Fsp3) is 0.385. The molecule has 4 rings (SSSR count). The minimum Gasteiger partial charge on any atom is -0.497 e. The molecule has 1 unspecified atom stereocenters. The van der Waals surface area contributed by atoms with Crippen molar-refractivity contribution >= 4 is 0 Å². The smallest absolute Gasteiger partial charge is 0.122 e. The van der Waals surface area contributed by atoms with Crippen molar-refractivity contribution in [3.63, 3.8) is 0 Å². The second-order valence-corrected chi connectivity index (χ2v) is 8.40. The molecule has 0 saturated carbocycles. The Hall–Kier alpha value is -2.72. The van der Waals surface area contributed by atoms with Gasteiger partial charge in [0.2, 0.25) is 0 Å². The second kappa shape index (κ2) is 8.97. The molecule has 0 amide bonds. The summed E-state index contributed by atoms with van der Waals surface area (Å²) in [5.41, 5.74) is 5.25. The second-order valence-electron chi connectivity index (χ2n) is 8.40. The summed E-state index contributed by atoms with van der Waals surface area (Å²) in [6.07, 6.45) is 3.32. The first-order valence-corrected chi connectivity index (χ1v) is 10.8. The Morgan fingerprint density at radius 3 is 2.27 bits per heavy atom. The number of aromatic nitrogens is 1. The van der Waals surface area contributed by atoms with E-state index >= 15 is 0 Å². The molecule has 0 saturated heterocycles. The molecule has 2 aromatic carbocycles. The van der Waals surface area contributed by atoms with Crippen LogP contribution in [0.15, 0.2) is 60.8 Å². The van der Waals surface area contributed by atoms with Crippen molar-refractivity contribution in [1.29, 1.82) is 0 Å². The molecule has 158 valence electrons. The van der Waals surface area contributed by atoms with Crippen LogP contribution in [-0.4, -0.2) is 30.2 Å². The lowest BCUT2D eigenvalue weighted by molar-refractivity contribution is 0.219. The standard InChI is InChI=1S/C26H32N2O2/c1-19(2)21-10-8-20(9-11-21)18-28-14-6-13-27-12-5-7-25(27)26(28)22-15-23(29-3)17-24(16-22)30-4/h5,7-12,15-17,19,26H,6,13-14,18H2,1-4H3. The third-order valence-electron chi connectivity index (χ3n) is 6.08. The lowest BCUT2D eigenvalue weighted by Gasteiger charge is -2.31. The molecular weight excluding hydrogens is 372 g/mol. The summed E-state index contributed by atoms with van der Waals surface area (Å²) in [5, 5.41) is 0. The minimum absolute atomic E-state index is 0.149. The zero-order chi connectivity index (χ0) is 21.1. The van der Waals surface area contributed by atoms with Gasteiger partial charge in [0.1, 0.15) is 11.5 Å².